The first kappa shape index (κ1) is 40.2. The number of anilines is 6. The number of aliphatic hydroxyl groups is 2. The van der Waals surface area contributed by atoms with Crippen LogP contribution in [-0.2, 0) is 19.5 Å². The van der Waals surface area contributed by atoms with Crippen LogP contribution in [-0.4, -0.2) is 104 Å². The Morgan fingerprint density at radius 2 is 1.64 bits per heavy atom. The predicted octanol–water partition coefficient (Wildman–Crippen LogP) is -6.82. The molecule has 3 rings (SSSR count). The third-order valence-electron chi connectivity index (χ3n) is 4.82. The molecule has 23 heteroatoms. The van der Waals surface area contributed by atoms with Crippen LogP contribution >= 0.6 is 12.0 Å². The maximum absolute atomic E-state index is 11.0. The molecular weight excluding hydrogens is 644 g/mol. The second-order valence-corrected chi connectivity index (χ2v) is 10.2. The third kappa shape index (κ3) is 15.0. The van der Waals surface area contributed by atoms with Crippen molar-refractivity contribution >= 4 is 69.5 Å². The molecule has 1 aromatic carbocycles. The summed E-state index contributed by atoms with van der Waals surface area (Å²) in [5, 5.41) is 40.7. The zero-order valence-corrected chi connectivity index (χ0v) is 29.7. The predicted molar refractivity (Wildman–Crippen MR) is 150 cm³/mol. The zero-order chi connectivity index (χ0) is 30.4. The van der Waals surface area contributed by atoms with Crippen LogP contribution in [0.25, 0.3) is 0 Å². The van der Waals surface area contributed by atoms with Gasteiger partial charge in [-0.15, -0.1) is 0 Å². The van der Waals surface area contributed by atoms with Gasteiger partial charge in [-0.1, -0.05) is 6.07 Å². The van der Waals surface area contributed by atoms with Crippen molar-refractivity contribution in [2.45, 2.75) is 6.92 Å². The van der Waals surface area contributed by atoms with E-state index in [9.17, 15) is 28.4 Å². The molecular formula is C21H27N11Na2O8S2. The van der Waals surface area contributed by atoms with E-state index < -0.39 is 15.9 Å². The molecule has 0 saturated heterocycles. The number of nitrogens with zero attached hydrogens (tertiary/aromatic N) is 8. The van der Waals surface area contributed by atoms with E-state index in [-0.39, 0.29) is 127 Å². The van der Waals surface area contributed by atoms with Crippen molar-refractivity contribution in [1.29, 1.82) is 0 Å². The second kappa shape index (κ2) is 21.1. The van der Waals surface area contributed by atoms with Crippen molar-refractivity contribution in [3.05, 3.63) is 30.1 Å². The van der Waals surface area contributed by atoms with E-state index >= 15 is 0 Å². The fourth-order valence-electron chi connectivity index (χ4n) is 3.19. The first-order valence-corrected chi connectivity index (χ1v) is 14.6. The van der Waals surface area contributed by atoms with Crippen molar-refractivity contribution in [3.8, 4) is 0 Å². The number of aliphatic hydroxyl groups excluding tert-OH is 2. The molecule has 2 heterocycles. The maximum atomic E-state index is 11.0. The molecule has 0 spiro atoms. The fourth-order valence-corrected chi connectivity index (χ4v) is 3.78. The molecule has 0 fully saturated rings. The second-order valence-electron chi connectivity index (χ2n) is 7.97. The van der Waals surface area contributed by atoms with Crippen LogP contribution in [0.2, 0.25) is 0 Å². The summed E-state index contributed by atoms with van der Waals surface area (Å²) in [7, 11) is -4.47. The molecule has 0 bridgehead atoms. The summed E-state index contributed by atoms with van der Waals surface area (Å²) < 4.78 is 37.1. The molecule has 0 radical (unpaired) electrons. The van der Waals surface area contributed by atoms with Gasteiger partial charge < -0.3 is 40.9 Å². The number of benzene rings is 1. The quantitative estimate of drug-likeness (QED) is 0.0160. The molecule has 3 aromatic rings. The Bertz CT molecular complexity index is 1440. The Labute approximate surface area is 301 Å². The Hall–Kier alpha value is -1.83. The van der Waals surface area contributed by atoms with E-state index in [4.69, 9.17) is 0 Å². The molecule has 0 amide bonds. The minimum atomic E-state index is -4.47. The van der Waals surface area contributed by atoms with Crippen LogP contribution in [0, 0.1) is 6.92 Å². The maximum Gasteiger partial charge on any atom is 1.00 e. The molecule has 2 aromatic heterocycles. The average Bonchev–Trinajstić information content (AvgIpc) is 2.92. The van der Waals surface area contributed by atoms with Gasteiger partial charge in [0.25, 0.3) is 5.95 Å². The zero-order valence-electron chi connectivity index (χ0n) is 24.1. The first-order chi connectivity index (χ1) is 20.2. The molecule has 19 nitrogen and oxygen atoms in total. The molecule has 0 aliphatic heterocycles. The molecule has 0 atom stereocenters. The largest absolute Gasteiger partial charge is 1.00 e. The summed E-state index contributed by atoms with van der Waals surface area (Å²) in [5.41, 5.74) is 1.11. The van der Waals surface area contributed by atoms with Crippen LogP contribution in [0.1, 0.15) is 5.82 Å². The molecule has 0 aliphatic carbocycles. The number of hydrogen-bond acceptors (Lipinski definition) is 20. The number of hydrogen-bond donors (Lipinski definition) is 5. The first-order valence-electron chi connectivity index (χ1n) is 12.1. The van der Waals surface area contributed by atoms with Gasteiger partial charge in [0.05, 0.1) is 34.8 Å². The minimum absolute atomic E-state index is 0. The van der Waals surface area contributed by atoms with Gasteiger partial charge in [0, 0.05) is 49.3 Å². The monoisotopic (exact) mass is 671 g/mol. The fraction of sp³-hybridized carbons (Fsp3) is 0.381. The normalized spacial score (nSPS) is 11.0. The number of nitrogens with one attached hydrogen (secondary N) is 3. The number of rotatable bonds is 18. The van der Waals surface area contributed by atoms with E-state index in [0.29, 0.717) is 17.2 Å². The van der Waals surface area contributed by atoms with Crippen molar-refractivity contribution in [2.75, 3.05) is 65.2 Å². The van der Waals surface area contributed by atoms with Gasteiger partial charge in [-0.25, -0.2) is 13.4 Å². The van der Waals surface area contributed by atoms with Gasteiger partial charge >= 0.3 is 59.1 Å². The van der Waals surface area contributed by atoms with Crippen LogP contribution in [0.5, 0.6) is 0 Å². The Morgan fingerprint density at radius 1 is 1.00 bits per heavy atom. The van der Waals surface area contributed by atoms with Gasteiger partial charge in [-0.05, 0) is 25.1 Å². The SMILES string of the molecule is Cc1nc(/N=C/CSOO[O-])nc(Nc2cccc(Nc3nc(NCCS(=O)(=O)[O-])nc(N(CCO)CCO)n3)c2)n1.[Na+].[Na+]. The van der Waals surface area contributed by atoms with Gasteiger partial charge in [0.2, 0.25) is 23.8 Å². The van der Waals surface area contributed by atoms with E-state index in [2.05, 4.69) is 60.2 Å². The van der Waals surface area contributed by atoms with Gasteiger partial charge in [-0.2, -0.15) is 34.2 Å². The molecule has 228 valence electrons. The molecule has 44 heavy (non-hydrogen) atoms. The summed E-state index contributed by atoms with van der Waals surface area (Å²) in [6.07, 6.45) is 1.43. The summed E-state index contributed by atoms with van der Waals surface area (Å²) in [5.74, 6) is 0.396. The summed E-state index contributed by atoms with van der Waals surface area (Å²) in [6, 6.07) is 6.92. The number of aliphatic imine (C=N–C) groups is 1. The Morgan fingerprint density at radius 3 is 2.25 bits per heavy atom. The van der Waals surface area contributed by atoms with Crippen molar-refractivity contribution in [3.63, 3.8) is 0 Å². The van der Waals surface area contributed by atoms with Gasteiger partial charge in [0.1, 0.15) is 5.82 Å². The molecule has 0 unspecified atom stereocenters. The van der Waals surface area contributed by atoms with E-state index in [1.807, 2.05) is 0 Å². The molecule has 0 aliphatic rings. The van der Waals surface area contributed by atoms with Crippen LogP contribution in [0.15, 0.2) is 29.3 Å². The topological polar surface area (TPSA) is 268 Å². The van der Waals surface area contributed by atoms with E-state index in [1.54, 1.807) is 31.2 Å². The molecule has 5 N–H and O–H groups in total. The van der Waals surface area contributed by atoms with Crippen molar-refractivity contribution in [1.82, 2.24) is 29.9 Å². The average molecular weight is 672 g/mol. The minimum Gasteiger partial charge on any atom is -0.748 e. The van der Waals surface area contributed by atoms with Gasteiger partial charge in [0.15, 0.2) is 0 Å². The summed E-state index contributed by atoms with van der Waals surface area (Å²) in [4.78, 5) is 31.0. The van der Waals surface area contributed by atoms with Crippen LogP contribution in [0.4, 0.5) is 41.1 Å². The molecule has 0 saturated carbocycles. The van der Waals surface area contributed by atoms with Crippen LogP contribution < -0.4 is 85.2 Å². The standard InChI is InChI=1S/C21H29N11O8S2.2Na/c1-14-24-17(22-5-11-41-40-39-35)28-19(25-14)26-15-3-2-4-16(13-15)27-20-29-18(23-6-12-42(36,37)38)30-21(31-20)32(7-9-33)8-10-34;;/h2-5,13,33-35H,6-12H2,1H3,(H,36,37,38)(H,24,25,26,28)(H2,23,27,29,30,31);;/q;2*+1/p-2/b22-5+;;. The number of aryl methyl sites for hydroxylation is 1. The summed E-state index contributed by atoms with van der Waals surface area (Å²) in [6.45, 7) is 1.15. The Kier molecular flexibility index (Phi) is 19.2. The Balaban J connectivity index is 0.00000484. The van der Waals surface area contributed by atoms with E-state index in [0.717, 1.165) is 12.0 Å². The van der Waals surface area contributed by atoms with Crippen LogP contribution in [0.3, 0.4) is 0 Å². The van der Waals surface area contributed by atoms with Crippen molar-refractivity contribution < 1.29 is 96.9 Å². The summed E-state index contributed by atoms with van der Waals surface area (Å²) >= 11 is 0.741. The van der Waals surface area contributed by atoms with Crippen molar-refractivity contribution in [2.24, 2.45) is 4.99 Å². The van der Waals surface area contributed by atoms with E-state index in [1.165, 1.54) is 11.1 Å². The smallest absolute Gasteiger partial charge is 0.748 e. The van der Waals surface area contributed by atoms with Gasteiger partial charge in [-0.3, -0.25) is 5.04 Å². The number of aromatic nitrogens is 6. The third-order valence-corrected chi connectivity index (χ3v) is 5.96.